The second kappa shape index (κ2) is 4.20. The molecule has 2 N–H and O–H groups in total. The van der Waals surface area contributed by atoms with Gasteiger partial charge in [-0.05, 0) is 0 Å². The van der Waals surface area contributed by atoms with E-state index < -0.39 is 0 Å². The van der Waals surface area contributed by atoms with E-state index in [1.165, 1.54) is 16.6 Å². The van der Waals surface area contributed by atoms with Crippen molar-refractivity contribution in [1.29, 1.82) is 0 Å². The van der Waals surface area contributed by atoms with Crippen LogP contribution in [0.3, 0.4) is 0 Å². The maximum atomic E-state index is 5.54. The molecule has 68 valence electrons. The normalized spacial score (nSPS) is 9.79. The Morgan fingerprint density at radius 1 is 1.00 bits per heavy atom. The molecule has 0 saturated carbocycles. The number of hydrogen-bond acceptors (Lipinski definition) is 1. The van der Waals surface area contributed by atoms with Crippen molar-refractivity contribution >= 4 is 6.91 Å². The van der Waals surface area contributed by atoms with E-state index in [1.807, 2.05) is 18.1 Å². The molecule has 0 atom stereocenters. The average Bonchev–Trinajstić information content (AvgIpc) is 2.30. The molecule has 0 aliphatic carbocycles. The average molecular weight is 181 g/mol. The van der Waals surface area contributed by atoms with Gasteiger partial charge in [0.05, 0.1) is 0 Å². The van der Waals surface area contributed by atoms with Gasteiger partial charge >= 0.3 is 84.2 Å². The van der Waals surface area contributed by atoms with Gasteiger partial charge in [-0.15, -0.1) is 0 Å². The van der Waals surface area contributed by atoms with Crippen LogP contribution in [-0.2, 0) is 6.54 Å². The topological polar surface area (TPSA) is 26.0 Å². The third kappa shape index (κ3) is 1.91. The van der Waals surface area contributed by atoms with E-state index in [2.05, 4.69) is 37.2 Å². The molecule has 1 heterocycles. The summed E-state index contributed by atoms with van der Waals surface area (Å²) in [5.74, 6) is 2.05. The van der Waals surface area contributed by atoms with Crippen LogP contribution in [-0.4, -0.2) is 6.91 Å². The summed E-state index contributed by atoms with van der Waals surface area (Å²) in [4.78, 5) is 0. The van der Waals surface area contributed by atoms with Crippen LogP contribution in [0.5, 0.6) is 0 Å². The van der Waals surface area contributed by atoms with Crippen LogP contribution in [0.25, 0.3) is 11.0 Å². The molecule has 14 heavy (non-hydrogen) atoms. The molecule has 1 aromatic carbocycles. The fourth-order valence-electron chi connectivity index (χ4n) is 1.46. The van der Waals surface area contributed by atoms with Crippen LogP contribution in [0.15, 0.2) is 48.4 Å². The third-order valence-electron chi connectivity index (χ3n) is 2.30. The molecule has 2 rings (SSSR count). The first-order chi connectivity index (χ1) is 6.90. The predicted molar refractivity (Wildman–Crippen MR) is 61.1 cm³/mol. The van der Waals surface area contributed by atoms with Crippen LogP contribution < -0.4 is 5.73 Å². The van der Waals surface area contributed by atoms with Crippen LogP contribution in [0.4, 0.5) is 0 Å². The van der Waals surface area contributed by atoms with E-state index in [-0.39, 0.29) is 0 Å². The summed E-state index contributed by atoms with van der Waals surface area (Å²) < 4.78 is 0. The zero-order valence-electron chi connectivity index (χ0n) is 7.98. The van der Waals surface area contributed by atoms with Gasteiger partial charge in [-0.25, -0.2) is 0 Å². The molecule has 0 bridgehead atoms. The standard InChI is InChI=1S/C12H12BN/c14-9-10-4-6-11(7-5-10)12-3-1-2-8-13-12/h1-8H,9,14H2. The van der Waals surface area contributed by atoms with Gasteiger partial charge < -0.3 is 0 Å². The Morgan fingerprint density at radius 3 is 2.36 bits per heavy atom. The van der Waals surface area contributed by atoms with E-state index in [4.69, 9.17) is 5.73 Å². The Bertz CT molecular complexity index is 394. The number of hydrogen-bond donors (Lipinski definition) is 1. The maximum absolute atomic E-state index is 5.54. The Balaban J connectivity index is 2.34. The Kier molecular flexibility index (Phi) is 2.75. The summed E-state index contributed by atoms with van der Waals surface area (Å²) in [5, 5.41) is 0. The predicted octanol–water partition coefficient (Wildman–Crippen LogP) is 2.15. The van der Waals surface area contributed by atoms with Crippen molar-refractivity contribution in [1.82, 2.24) is 0 Å². The van der Waals surface area contributed by atoms with Gasteiger partial charge in [-0.2, -0.15) is 0 Å². The molecule has 0 amide bonds. The molecule has 1 nitrogen and oxygen atoms in total. The van der Waals surface area contributed by atoms with Gasteiger partial charge in [0.15, 0.2) is 0 Å². The van der Waals surface area contributed by atoms with Crippen molar-refractivity contribution in [3.63, 3.8) is 0 Å². The van der Waals surface area contributed by atoms with Gasteiger partial charge in [0.2, 0.25) is 0 Å². The summed E-state index contributed by atoms with van der Waals surface area (Å²) in [6.07, 6.45) is 0. The molecule has 2 heteroatoms. The Morgan fingerprint density at radius 2 is 1.79 bits per heavy atom. The summed E-state index contributed by atoms with van der Waals surface area (Å²) in [5.41, 5.74) is 9.19. The molecule has 0 radical (unpaired) electrons. The van der Waals surface area contributed by atoms with E-state index >= 15 is 0 Å². The quantitative estimate of drug-likeness (QED) is 0.754. The molecule has 0 unspecified atom stereocenters. The van der Waals surface area contributed by atoms with Gasteiger partial charge in [0.1, 0.15) is 0 Å². The number of rotatable bonds is 2. The molecule has 0 spiro atoms. The van der Waals surface area contributed by atoms with Gasteiger partial charge in [-0.3, -0.25) is 0 Å². The van der Waals surface area contributed by atoms with Crippen molar-refractivity contribution in [3.05, 3.63) is 54.0 Å². The molecule has 0 saturated heterocycles. The van der Waals surface area contributed by atoms with Crippen LogP contribution in [0.1, 0.15) is 5.56 Å². The summed E-state index contributed by atoms with van der Waals surface area (Å²) in [7, 11) is 0. The second-order valence-corrected chi connectivity index (χ2v) is 3.27. The number of benzene rings is 1. The molecular weight excluding hydrogens is 169 g/mol. The van der Waals surface area contributed by atoms with E-state index in [1.54, 1.807) is 0 Å². The fraction of sp³-hybridized carbons (Fsp3) is 0.0833. The van der Waals surface area contributed by atoms with Gasteiger partial charge in [-0.1, -0.05) is 0 Å². The summed E-state index contributed by atoms with van der Waals surface area (Å²) in [6, 6.07) is 14.5. The van der Waals surface area contributed by atoms with E-state index in [0.29, 0.717) is 6.54 Å². The van der Waals surface area contributed by atoms with Crippen LogP contribution in [0.2, 0.25) is 0 Å². The first-order valence-corrected chi connectivity index (χ1v) is 4.74. The molecule has 1 aromatic heterocycles. The van der Waals surface area contributed by atoms with Crippen molar-refractivity contribution in [2.24, 2.45) is 5.73 Å². The molecule has 2 aromatic rings. The molecular formula is C12H12BN. The second-order valence-electron chi connectivity index (χ2n) is 3.27. The van der Waals surface area contributed by atoms with E-state index in [9.17, 15) is 0 Å². The zero-order valence-corrected chi connectivity index (χ0v) is 7.98. The van der Waals surface area contributed by atoms with Crippen molar-refractivity contribution in [3.8, 4) is 11.0 Å². The van der Waals surface area contributed by atoms with Gasteiger partial charge in [0, 0.05) is 0 Å². The number of nitrogens with two attached hydrogens (primary N) is 1. The van der Waals surface area contributed by atoms with Gasteiger partial charge in [0.25, 0.3) is 0 Å². The van der Waals surface area contributed by atoms with Crippen LogP contribution in [0, 0.1) is 0 Å². The molecule has 0 aliphatic rings. The van der Waals surface area contributed by atoms with Crippen molar-refractivity contribution in [2.75, 3.05) is 0 Å². The van der Waals surface area contributed by atoms with Crippen molar-refractivity contribution < 1.29 is 0 Å². The van der Waals surface area contributed by atoms with Crippen LogP contribution >= 0.6 is 0 Å². The molecule has 0 fully saturated rings. The Labute approximate surface area is 84.8 Å². The van der Waals surface area contributed by atoms with E-state index in [0.717, 1.165) is 0 Å². The SMILES string of the molecule is NCc1ccc(-c2bcccc2)cc1. The fourth-order valence-corrected chi connectivity index (χ4v) is 1.46. The Hall–Kier alpha value is -1.41. The first-order valence-electron chi connectivity index (χ1n) is 4.74. The third-order valence-corrected chi connectivity index (χ3v) is 2.30. The summed E-state index contributed by atoms with van der Waals surface area (Å²) >= 11 is 0. The summed E-state index contributed by atoms with van der Waals surface area (Å²) in [6.45, 7) is 2.71. The first kappa shape index (κ1) is 9.16. The minimum absolute atomic E-state index is 0.606. The minimum atomic E-state index is 0.606. The monoisotopic (exact) mass is 181 g/mol. The molecule has 0 aliphatic heterocycles. The van der Waals surface area contributed by atoms with Crippen molar-refractivity contribution in [2.45, 2.75) is 6.54 Å². The zero-order chi connectivity index (χ0) is 9.80.